The Kier molecular flexibility index (Phi) is 6.18. The zero-order chi connectivity index (χ0) is 19.4. The molecule has 2 atom stereocenters. The highest BCUT2D eigenvalue weighted by Crippen LogP contribution is 2.40. The van der Waals surface area contributed by atoms with E-state index in [4.69, 9.17) is 4.74 Å². The highest BCUT2D eigenvalue weighted by molar-refractivity contribution is 7.16. The molecule has 0 saturated carbocycles. The van der Waals surface area contributed by atoms with E-state index in [1.807, 2.05) is 24.3 Å². The molecular formula is C22H26N2O2S. The number of nitrogens with zero attached hydrogens (tertiary/aromatic N) is 1. The third kappa shape index (κ3) is 4.33. The van der Waals surface area contributed by atoms with Gasteiger partial charge >= 0.3 is 0 Å². The summed E-state index contributed by atoms with van der Waals surface area (Å²) in [6.45, 7) is 6.04. The third-order valence-electron chi connectivity index (χ3n) is 5.31. The largest absolute Gasteiger partial charge is 0.481 e. The second-order valence-corrected chi connectivity index (χ2v) is 8.19. The summed E-state index contributed by atoms with van der Waals surface area (Å²) in [7, 11) is 0. The van der Waals surface area contributed by atoms with Gasteiger partial charge in [0.15, 0.2) is 6.10 Å². The van der Waals surface area contributed by atoms with Crippen molar-refractivity contribution in [1.29, 1.82) is 5.26 Å². The molecular weight excluding hydrogens is 356 g/mol. The van der Waals surface area contributed by atoms with Gasteiger partial charge in [-0.15, -0.1) is 11.3 Å². The number of ether oxygens (including phenoxy) is 1. The van der Waals surface area contributed by atoms with E-state index in [9.17, 15) is 10.1 Å². The van der Waals surface area contributed by atoms with Crippen molar-refractivity contribution in [1.82, 2.24) is 0 Å². The van der Waals surface area contributed by atoms with E-state index in [-0.39, 0.29) is 5.91 Å². The number of rotatable bonds is 6. The molecule has 0 unspecified atom stereocenters. The standard InChI is InChI=1S/C22H26N2O2S/c1-4-15-6-9-17(10-7-15)26-14(3)21(25)24-22-19(13-23)18-11-8-16(5-2)12-20(18)27-22/h6-7,9-10,14,16H,4-5,8,11-12H2,1-3H3,(H,24,25)/t14-,16+/m0/s1. The Morgan fingerprint density at radius 3 is 2.74 bits per heavy atom. The molecule has 0 fully saturated rings. The Hall–Kier alpha value is -2.32. The lowest BCUT2D eigenvalue weighted by atomic mass is 9.86. The summed E-state index contributed by atoms with van der Waals surface area (Å²) < 4.78 is 5.77. The second-order valence-electron chi connectivity index (χ2n) is 7.08. The van der Waals surface area contributed by atoms with Crippen LogP contribution in [0.5, 0.6) is 5.75 Å². The van der Waals surface area contributed by atoms with Gasteiger partial charge in [0.25, 0.3) is 5.91 Å². The lowest BCUT2D eigenvalue weighted by molar-refractivity contribution is -0.122. The summed E-state index contributed by atoms with van der Waals surface area (Å²) in [5, 5.41) is 13.2. The summed E-state index contributed by atoms with van der Waals surface area (Å²) in [5.74, 6) is 1.13. The number of fused-ring (bicyclic) bond motifs is 1. The summed E-state index contributed by atoms with van der Waals surface area (Å²) in [5.41, 5.74) is 3.00. The number of nitriles is 1. The van der Waals surface area contributed by atoms with Crippen LogP contribution in [0.25, 0.3) is 0 Å². The average molecular weight is 383 g/mol. The molecule has 0 radical (unpaired) electrons. The average Bonchev–Trinajstić information content (AvgIpc) is 3.04. The van der Waals surface area contributed by atoms with Crippen LogP contribution in [-0.2, 0) is 24.1 Å². The van der Waals surface area contributed by atoms with Crippen LogP contribution >= 0.6 is 11.3 Å². The fourth-order valence-electron chi connectivity index (χ4n) is 3.48. The van der Waals surface area contributed by atoms with Crippen molar-refractivity contribution in [2.24, 2.45) is 5.92 Å². The Bertz CT molecular complexity index is 848. The maximum atomic E-state index is 12.6. The summed E-state index contributed by atoms with van der Waals surface area (Å²) in [4.78, 5) is 13.9. The Balaban J connectivity index is 1.70. The van der Waals surface area contributed by atoms with E-state index in [1.54, 1.807) is 18.3 Å². The zero-order valence-corrected chi connectivity index (χ0v) is 17.0. The van der Waals surface area contributed by atoms with E-state index in [0.717, 1.165) is 37.7 Å². The van der Waals surface area contributed by atoms with Crippen LogP contribution in [0.15, 0.2) is 24.3 Å². The van der Waals surface area contributed by atoms with Gasteiger partial charge in [0.2, 0.25) is 0 Å². The molecule has 0 saturated heterocycles. The highest BCUT2D eigenvalue weighted by Gasteiger charge is 2.26. The number of hydrogen-bond acceptors (Lipinski definition) is 4. The van der Waals surface area contributed by atoms with Crippen LogP contribution < -0.4 is 10.1 Å². The molecule has 4 nitrogen and oxygen atoms in total. The minimum Gasteiger partial charge on any atom is -0.481 e. The van der Waals surface area contributed by atoms with Crippen molar-refractivity contribution in [2.75, 3.05) is 5.32 Å². The highest BCUT2D eigenvalue weighted by atomic mass is 32.1. The molecule has 1 N–H and O–H groups in total. The lowest BCUT2D eigenvalue weighted by Gasteiger charge is -2.20. The van der Waals surface area contributed by atoms with Crippen LogP contribution in [0.4, 0.5) is 5.00 Å². The lowest BCUT2D eigenvalue weighted by Crippen LogP contribution is -2.30. The van der Waals surface area contributed by atoms with E-state index in [2.05, 4.69) is 25.2 Å². The molecule has 1 aliphatic rings. The number of benzene rings is 1. The first-order valence-corrected chi connectivity index (χ1v) is 10.5. The molecule has 2 aromatic rings. The van der Waals surface area contributed by atoms with Gasteiger partial charge in [-0.3, -0.25) is 4.79 Å². The van der Waals surface area contributed by atoms with Crippen LogP contribution in [0.3, 0.4) is 0 Å². The quantitative estimate of drug-likeness (QED) is 0.756. The minimum atomic E-state index is -0.633. The molecule has 27 heavy (non-hydrogen) atoms. The Morgan fingerprint density at radius 2 is 2.11 bits per heavy atom. The van der Waals surface area contributed by atoms with Crippen LogP contribution in [0.1, 0.15) is 55.2 Å². The number of aryl methyl sites for hydroxylation is 1. The number of hydrogen-bond donors (Lipinski definition) is 1. The van der Waals surface area contributed by atoms with Gasteiger partial charge in [0.05, 0.1) is 5.56 Å². The first-order valence-electron chi connectivity index (χ1n) is 9.66. The Morgan fingerprint density at radius 1 is 1.37 bits per heavy atom. The van der Waals surface area contributed by atoms with Crippen molar-refractivity contribution >= 4 is 22.2 Å². The molecule has 0 bridgehead atoms. The van der Waals surface area contributed by atoms with E-state index in [0.29, 0.717) is 22.2 Å². The summed E-state index contributed by atoms with van der Waals surface area (Å²) in [6, 6.07) is 10.1. The third-order valence-corrected chi connectivity index (χ3v) is 6.48. The molecule has 1 aromatic heterocycles. The first-order chi connectivity index (χ1) is 13.0. The van der Waals surface area contributed by atoms with Crippen molar-refractivity contribution in [3.8, 4) is 11.8 Å². The SMILES string of the molecule is CCc1ccc(O[C@@H](C)C(=O)Nc2sc3c(c2C#N)CC[C@@H](CC)C3)cc1. The fourth-order valence-corrected chi connectivity index (χ4v) is 4.80. The first kappa shape index (κ1) is 19.4. The van der Waals surface area contributed by atoms with E-state index < -0.39 is 6.10 Å². The van der Waals surface area contributed by atoms with Crippen LogP contribution in [0.2, 0.25) is 0 Å². The number of carbonyl (C=O) groups excluding carboxylic acids is 1. The van der Waals surface area contributed by atoms with Crippen molar-refractivity contribution in [3.05, 3.63) is 45.8 Å². The zero-order valence-electron chi connectivity index (χ0n) is 16.2. The Labute approximate surface area is 165 Å². The fraction of sp³-hybridized carbons (Fsp3) is 0.455. The van der Waals surface area contributed by atoms with Gasteiger partial charge in [0.1, 0.15) is 16.8 Å². The molecule has 1 amide bonds. The molecule has 1 heterocycles. The molecule has 5 heteroatoms. The number of nitrogens with one attached hydrogen (secondary N) is 1. The second kappa shape index (κ2) is 8.58. The van der Waals surface area contributed by atoms with Crippen LogP contribution in [-0.4, -0.2) is 12.0 Å². The molecule has 0 spiro atoms. The van der Waals surface area contributed by atoms with Gasteiger partial charge in [-0.25, -0.2) is 0 Å². The minimum absolute atomic E-state index is 0.225. The van der Waals surface area contributed by atoms with Crippen molar-refractivity contribution in [2.45, 2.75) is 59.0 Å². The number of thiophene rings is 1. The van der Waals surface area contributed by atoms with Crippen molar-refractivity contribution < 1.29 is 9.53 Å². The van der Waals surface area contributed by atoms with E-state index >= 15 is 0 Å². The number of amides is 1. The molecule has 0 aliphatic heterocycles. The number of carbonyl (C=O) groups is 1. The maximum Gasteiger partial charge on any atom is 0.265 e. The monoisotopic (exact) mass is 382 g/mol. The topological polar surface area (TPSA) is 62.1 Å². The molecule has 1 aromatic carbocycles. The van der Waals surface area contributed by atoms with Gasteiger partial charge in [-0.05, 0) is 61.8 Å². The summed E-state index contributed by atoms with van der Waals surface area (Å²) >= 11 is 1.55. The van der Waals surface area contributed by atoms with Gasteiger partial charge in [-0.1, -0.05) is 32.4 Å². The number of anilines is 1. The van der Waals surface area contributed by atoms with Crippen molar-refractivity contribution in [3.63, 3.8) is 0 Å². The predicted octanol–water partition coefficient (Wildman–Crippen LogP) is 5.10. The summed E-state index contributed by atoms with van der Waals surface area (Å²) in [6.07, 6.45) is 4.55. The van der Waals surface area contributed by atoms with Gasteiger partial charge < -0.3 is 10.1 Å². The molecule has 1 aliphatic carbocycles. The van der Waals surface area contributed by atoms with Gasteiger partial charge in [-0.2, -0.15) is 5.26 Å². The smallest absolute Gasteiger partial charge is 0.265 e. The molecule has 3 rings (SSSR count). The maximum absolute atomic E-state index is 12.6. The predicted molar refractivity (Wildman–Crippen MR) is 109 cm³/mol. The van der Waals surface area contributed by atoms with Gasteiger partial charge in [0, 0.05) is 4.88 Å². The van der Waals surface area contributed by atoms with Crippen LogP contribution in [0, 0.1) is 17.2 Å². The van der Waals surface area contributed by atoms with E-state index in [1.165, 1.54) is 10.4 Å². The molecule has 142 valence electrons. The normalized spacial score (nSPS) is 16.9.